The van der Waals surface area contributed by atoms with E-state index in [-0.39, 0.29) is 5.97 Å². The fourth-order valence-corrected chi connectivity index (χ4v) is 1.13. The molecule has 0 radical (unpaired) electrons. The number of carbonyl (C=O) groups is 1. The summed E-state index contributed by atoms with van der Waals surface area (Å²) in [5.41, 5.74) is 0. The van der Waals surface area contributed by atoms with E-state index in [0.717, 1.165) is 19.4 Å². The number of rotatable bonds is 4. The molecule has 0 saturated carbocycles. The SMILES string of the molecule is CCCCOC(=O)C1CNCCO1. The number of unbranched alkanes of at least 4 members (excludes halogenated alkanes) is 1. The highest BCUT2D eigenvalue weighted by atomic mass is 16.6. The van der Waals surface area contributed by atoms with Gasteiger partial charge in [-0.15, -0.1) is 0 Å². The maximum atomic E-state index is 11.3. The Balaban J connectivity index is 2.13. The second-order valence-corrected chi connectivity index (χ2v) is 3.08. The van der Waals surface area contributed by atoms with Gasteiger partial charge in [-0.1, -0.05) is 13.3 Å². The van der Waals surface area contributed by atoms with E-state index in [2.05, 4.69) is 12.2 Å². The first-order valence-corrected chi connectivity index (χ1v) is 4.83. The summed E-state index contributed by atoms with van der Waals surface area (Å²) in [4.78, 5) is 11.3. The van der Waals surface area contributed by atoms with Gasteiger partial charge in [-0.25, -0.2) is 4.79 Å². The van der Waals surface area contributed by atoms with E-state index in [1.165, 1.54) is 0 Å². The summed E-state index contributed by atoms with van der Waals surface area (Å²) in [6.45, 7) is 4.55. The van der Waals surface area contributed by atoms with Crippen molar-refractivity contribution in [1.82, 2.24) is 5.32 Å². The van der Waals surface area contributed by atoms with Crippen LogP contribution in [-0.4, -0.2) is 38.4 Å². The molecule has 1 aliphatic heterocycles. The van der Waals surface area contributed by atoms with Crippen LogP contribution in [0.25, 0.3) is 0 Å². The van der Waals surface area contributed by atoms with Crippen molar-refractivity contribution in [2.24, 2.45) is 0 Å². The van der Waals surface area contributed by atoms with E-state index in [1.54, 1.807) is 0 Å². The van der Waals surface area contributed by atoms with Crippen molar-refractivity contribution in [3.63, 3.8) is 0 Å². The number of ether oxygens (including phenoxy) is 2. The second-order valence-electron chi connectivity index (χ2n) is 3.08. The van der Waals surface area contributed by atoms with Crippen LogP contribution < -0.4 is 5.32 Å². The van der Waals surface area contributed by atoms with Crippen LogP contribution in [0.3, 0.4) is 0 Å². The van der Waals surface area contributed by atoms with E-state index in [9.17, 15) is 4.79 Å². The highest BCUT2D eigenvalue weighted by molar-refractivity contribution is 5.75. The third-order valence-corrected chi connectivity index (χ3v) is 1.93. The van der Waals surface area contributed by atoms with Crippen molar-refractivity contribution in [2.75, 3.05) is 26.3 Å². The molecule has 4 heteroatoms. The lowest BCUT2D eigenvalue weighted by molar-refractivity contribution is -0.158. The van der Waals surface area contributed by atoms with Crippen LogP contribution in [0, 0.1) is 0 Å². The van der Waals surface area contributed by atoms with Crippen LogP contribution >= 0.6 is 0 Å². The minimum absolute atomic E-state index is 0.236. The van der Waals surface area contributed by atoms with Gasteiger partial charge < -0.3 is 14.8 Å². The van der Waals surface area contributed by atoms with E-state index >= 15 is 0 Å². The summed E-state index contributed by atoms with van der Waals surface area (Å²) < 4.78 is 10.3. The second kappa shape index (κ2) is 5.94. The maximum absolute atomic E-state index is 11.3. The van der Waals surface area contributed by atoms with Crippen LogP contribution in [0.15, 0.2) is 0 Å². The summed E-state index contributed by atoms with van der Waals surface area (Å²) in [7, 11) is 0. The summed E-state index contributed by atoms with van der Waals surface area (Å²) >= 11 is 0. The molecule has 13 heavy (non-hydrogen) atoms. The van der Waals surface area contributed by atoms with Gasteiger partial charge in [0.1, 0.15) is 0 Å². The molecule has 4 nitrogen and oxygen atoms in total. The van der Waals surface area contributed by atoms with Gasteiger partial charge in [0.2, 0.25) is 0 Å². The molecule has 1 rings (SSSR count). The van der Waals surface area contributed by atoms with Crippen LogP contribution in [0.2, 0.25) is 0 Å². The van der Waals surface area contributed by atoms with E-state index < -0.39 is 6.10 Å². The van der Waals surface area contributed by atoms with E-state index in [1.807, 2.05) is 0 Å². The van der Waals surface area contributed by atoms with Gasteiger partial charge in [0.25, 0.3) is 0 Å². The first kappa shape index (κ1) is 10.5. The summed E-state index contributed by atoms with van der Waals surface area (Å²) in [6, 6.07) is 0. The largest absolute Gasteiger partial charge is 0.464 e. The third kappa shape index (κ3) is 3.74. The highest BCUT2D eigenvalue weighted by Gasteiger charge is 2.22. The molecule has 76 valence electrons. The van der Waals surface area contributed by atoms with E-state index in [4.69, 9.17) is 9.47 Å². The molecule has 0 aromatic carbocycles. The number of carbonyl (C=O) groups excluding carboxylic acids is 1. The van der Waals surface area contributed by atoms with Crippen molar-refractivity contribution in [3.8, 4) is 0 Å². The Kier molecular flexibility index (Phi) is 4.78. The van der Waals surface area contributed by atoms with Crippen LogP contribution in [-0.2, 0) is 14.3 Å². The summed E-state index contributed by atoms with van der Waals surface area (Å²) in [5, 5.41) is 3.08. The molecule has 1 unspecified atom stereocenters. The Morgan fingerprint density at radius 2 is 2.54 bits per heavy atom. The molecule has 1 atom stereocenters. The number of esters is 1. The minimum Gasteiger partial charge on any atom is -0.464 e. The van der Waals surface area contributed by atoms with Gasteiger partial charge in [0, 0.05) is 13.1 Å². The first-order chi connectivity index (χ1) is 6.34. The predicted octanol–water partition coefficient (Wildman–Crippen LogP) is 0.318. The summed E-state index contributed by atoms with van der Waals surface area (Å²) in [6.07, 6.45) is 1.56. The normalized spacial score (nSPS) is 22.7. The number of hydrogen-bond donors (Lipinski definition) is 1. The molecule has 0 aliphatic carbocycles. The molecule has 0 amide bonds. The fourth-order valence-electron chi connectivity index (χ4n) is 1.13. The molecule has 1 aliphatic rings. The van der Waals surface area contributed by atoms with Crippen LogP contribution in [0.4, 0.5) is 0 Å². The standard InChI is InChI=1S/C9H17NO3/c1-2-3-5-13-9(11)8-7-10-4-6-12-8/h8,10H,2-7H2,1H3. The predicted molar refractivity (Wildman–Crippen MR) is 48.5 cm³/mol. The quantitative estimate of drug-likeness (QED) is 0.508. The van der Waals surface area contributed by atoms with E-state index in [0.29, 0.717) is 19.8 Å². The Morgan fingerprint density at radius 3 is 3.15 bits per heavy atom. The van der Waals surface area contributed by atoms with Crippen molar-refractivity contribution >= 4 is 5.97 Å². The molecule has 1 fully saturated rings. The third-order valence-electron chi connectivity index (χ3n) is 1.93. The Bertz CT molecular complexity index is 155. The smallest absolute Gasteiger partial charge is 0.336 e. The van der Waals surface area contributed by atoms with Gasteiger partial charge in [-0.05, 0) is 6.42 Å². The molecule has 1 heterocycles. The lowest BCUT2D eigenvalue weighted by Crippen LogP contribution is -2.43. The molecule has 0 spiro atoms. The monoisotopic (exact) mass is 187 g/mol. The minimum atomic E-state index is -0.398. The van der Waals surface area contributed by atoms with Crippen LogP contribution in [0.1, 0.15) is 19.8 Å². The van der Waals surface area contributed by atoms with Gasteiger partial charge in [0.05, 0.1) is 13.2 Å². The highest BCUT2D eigenvalue weighted by Crippen LogP contribution is 1.99. The van der Waals surface area contributed by atoms with Gasteiger partial charge in [0.15, 0.2) is 6.10 Å². The van der Waals surface area contributed by atoms with Crippen molar-refractivity contribution in [1.29, 1.82) is 0 Å². The lowest BCUT2D eigenvalue weighted by Gasteiger charge is -2.21. The first-order valence-electron chi connectivity index (χ1n) is 4.83. The Hall–Kier alpha value is -0.610. The van der Waals surface area contributed by atoms with Crippen molar-refractivity contribution in [2.45, 2.75) is 25.9 Å². The lowest BCUT2D eigenvalue weighted by atomic mass is 10.3. The van der Waals surface area contributed by atoms with Crippen LogP contribution in [0.5, 0.6) is 0 Å². The molecular weight excluding hydrogens is 170 g/mol. The average Bonchev–Trinajstić information content (AvgIpc) is 2.19. The molecule has 0 aromatic heterocycles. The van der Waals surface area contributed by atoms with Gasteiger partial charge >= 0.3 is 5.97 Å². The average molecular weight is 187 g/mol. The molecule has 1 saturated heterocycles. The zero-order chi connectivity index (χ0) is 9.52. The number of morpholine rings is 1. The molecule has 0 aromatic rings. The van der Waals surface area contributed by atoms with Crippen molar-refractivity contribution in [3.05, 3.63) is 0 Å². The fraction of sp³-hybridized carbons (Fsp3) is 0.889. The molecule has 0 bridgehead atoms. The molecular formula is C9H17NO3. The van der Waals surface area contributed by atoms with Gasteiger partial charge in [-0.2, -0.15) is 0 Å². The van der Waals surface area contributed by atoms with Gasteiger partial charge in [-0.3, -0.25) is 0 Å². The van der Waals surface area contributed by atoms with Crippen molar-refractivity contribution < 1.29 is 14.3 Å². The zero-order valence-electron chi connectivity index (χ0n) is 8.04. The zero-order valence-corrected chi connectivity index (χ0v) is 8.04. The summed E-state index contributed by atoms with van der Waals surface area (Å²) in [5.74, 6) is -0.236. The molecule has 1 N–H and O–H groups in total. The topological polar surface area (TPSA) is 47.6 Å². The Morgan fingerprint density at radius 1 is 1.69 bits per heavy atom. The number of hydrogen-bond acceptors (Lipinski definition) is 4. The maximum Gasteiger partial charge on any atom is 0.336 e. The number of nitrogens with one attached hydrogen (secondary N) is 1. The Labute approximate surface area is 78.6 Å².